The standard InChI is InChI=1S/C28H30B2FS2/c1-15-9-17(3)25(18(4)10-15)29-23-13-21(7)32-27(23)30(31,28-24(29)14-22(8)33-28)26-19(5)11-16(2)12-20(26)6/h9-14H,1-8H3/q-1. The molecule has 0 saturated heterocycles. The largest absolute Gasteiger partial charge is 0.497 e. The van der Waals surface area contributed by atoms with Crippen molar-refractivity contribution in [3.63, 3.8) is 0 Å². The number of halogens is 1. The second-order valence-corrected chi connectivity index (χ2v) is 12.7. The van der Waals surface area contributed by atoms with E-state index in [1.54, 1.807) is 22.7 Å². The van der Waals surface area contributed by atoms with Crippen molar-refractivity contribution in [3.8, 4) is 0 Å². The predicted octanol–water partition coefficient (Wildman–Crippen LogP) is 4.04. The zero-order valence-corrected chi connectivity index (χ0v) is 22.4. The Bertz CT molecular complexity index is 1330. The minimum absolute atomic E-state index is 0.0855. The number of aryl methyl sites for hydroxylation is 8. The molecule has 0 fully saturated rings. The van der Waals surface area contributed by atoms with Gasteiger partial charge in [-0.2, -0.15) is 28.1 Å². The minimum Gasteiger partial charge on any atom is -0.497 e. The number of fused-ring (bicyclic) bond motifs is 2. The van der Waals surface area contributed by atoms with Crippen LogP contribution in [0.15, 0.2) is 36.4 Å². The summed E-state index contributed by atoms with van der Waals surface area (Å²) in [6, 6.07) is 13.4. The fraction of sp³-hybridized carbons (Fsp3) is 0.286. The van der Waals surface area contributed by atoms with Crippen molar-refractivity contribution in [2.45, 2.75) is 55.4 Å². The summed E-state index contributed by atoms with van der Waals surface area (Å²) in [7, 11) is 0. The Morgan fingerprint density at radius 1 is 0.606 bits per heavy atom. The molecule has 5 rings (SSSR count). The van der Waals surface area contributed by atoms with Gasteiger partial charge < -0.3 is 4.32 Å². The van der Waals surface area contributed by atoms with E-state index in [2.05, 4.69) is 91.8 Å². The average Bonchev–Trinajstić information content (AvgIpc) is 3.26. The molecule has 2 aromatic carbocycles. The van der Waals surface area contributed by atoms with Gasteiger partial charge in [0.2, 0.25) is 6.71 Å². The highest BCUT2D eigenvalue weighted by Crippen LogP contribution is 2.25. The highest BCUT2D eigenvalue weighted by molar-refractivity contribution is 7.43. The highest BCUT2D eigenvalue weighted by Gasteiger charge is 2.46. The topological polar surface area (TPSA) is 0 Å². The van der Waals surface area contributed by atoms with Gasteiger partial charge in [0.05, 0.1) is 0 Å². The molecule has 2 aromatic heterocycles. The quantitative estimate of drug-likeness (QED) is 0.388. The first-order valence-electron chi connectivity index (χ1n) is 11.7. The smallest absolute Gasteiger partial charge is 0.252 e. The molecule has 5 heteroatoms. The van der Waals surface area contributed by atoms with Crippen LogP contribution < -0.4 is 31.4 Å². The van der Waals surface area contributed by atoms with Crippen LogP contribution in [-0.4, -0.2) is 13.1 Å². The van der Waals surface area contributed by atoms with Gasteiger partial charge in [0.25, 0.3) is 6.42 Å². The van der Waals surface area contributed by atoms with E-state index in [1.807, 2.05) is 0 Å². The maximum Gasteiger partial charge on any atom is 0.252 e. The van der Waals surface area contributed by atoms with Crippen molar-refractivity contribution in [2.75, 3.05) is 0 Å². The van der Waals surface area contributed by atoms with Crippen LogP contribution in [0.5, 0.6) is 0 Å². The predicted molar refractivity (Wildman–Crippen MR) is 150 cm³/mol. The molecule has 1 aliphatic heterocycles. The third kappa shape index (κ3) is 3.31. The summed E-state index contributed by atoms with van der Waals surface area (Å²) in [5.41, 5.74) is 11.7. The summed E-state index contributed by atoms with van der Waals surface area (Å²) in [6.07, 6.45) is -2.51. The molecule has 0 nitrogen and oxygen atoms in total. The third-order valence-electron chi connectivity index (χ3n) is 7.34. The van der Waals surface area contributed by atoms with E-state index in [0.29, 0.717) is 0 Å². The third-order valence-corrected chi connectivity index (χ3v) is 9.78. The number of rotatable bonds is 2. The molecule has 0 aliphatic carbocycles. The zero-order valence-electron chi connectivity index (χ0n) is 20.8. The van der Waals surface area contributed by atoms with Gasteiger partial charge in [-0.05, 0) is 65.1 Å². The Labute approximate surface area is 205 Å². The lowest BCUT2D eigenvalue weighted by Crippen LogP contribution is -2.79. The molecule has 168 valence electrons. The van der Waals surface area contributed by atoms with Crippen LogP contribution in [0.4, 0.5) is 4.32 Å². The SMILES string of the molecule is Cc1cc(C)c(B2c3cc(C)sc3[B-](F)(c3c(C)cc(C)cc3C)c3sc(C)cc32)c(C)c1. The van der Waals surface area contributed by atoms with Gasteiger partial charge in [-0.25, -0.2) is 0 Å². The maximum absolute atomic E-state index is 18.0. The molecule has 0 saturated carbocycles. The molecule has 0 bridgehead atoms. The number of hydrogen-bond acceptors (Lipinski definition) is 2. The van der Waals surface area contributed by atoms with E-state index in [4.69, 9.17) is 0 Å². The Hall–Kier alpha value is -2.10. The van der Waals surface area contributed by atoms with Crippen molar-refractivity contribution < 1.29 is 4.32 Å². The normalized spacial score (nSPS) is 14.4. The van der Waals surface area contributed by atoms with Gasteiger partial charge in [0, 0.05) is 0 Å². The summed E-state index contributed by atoms with van der Waals surface area (Å²) in [6.45, 7) is 17.2. The number of benzene rings is 2. The summed E-state index contributed by atoms with van der Waals surface area (Å²) in [5, 5.41) is 0. The van der Waals surface area contributed by atoms with E-state index >= 15 is 4.32 Å². The molecule has 0 radical (unpaired) electrons. The Balaban J connectivity index is 1.89. The van der Waals surface area contributed by atoms with Gasteiger partial charge in [-0.3, -0.25) is 0 Å². The molecule has 4 aromatic rings. The minimum atomic E-state index is -2.51. The molecular formula is C28H30B2FS2-. The van der Waals surface area contributed by atoms with Crippen LogP contribution in [0.25, 0.3) is 0 Å². The summed E-state index contributed by atoms with van der Waals surface area (Å²) in [4.78, 5) is 2.37. The van der Waals surface area contributed by atoms with Gasteiger partial charge in [0.1, 0.15) is 0 Å². The number of hydrogen-bond donors (Lipinski definition) is 0. The molecule has 0 unspecified atom stereocenters. The molecule has 3 heterocycles. The molecule has 1 aliphatic rings. The molecule has 33 heavy (non-hydrogen) atoms. The van der Waals surface area contributed by atoms with Gasteiger partial charge in [0.15, 0.2) is 0 Å². The van der Waals surface area contributed by atoms with Crippen LogP contribution in [-0.2, 0) is 0 Å². The van der Waals surface area contributed by atoms with E-state index in [-0.39, 0.29) is 6.71 Å². The van der Waals surface area contributed by atoms with E-state index in [9.17, 15) is 0 Å². The lowest BCUT2D eigenvalue weighted by molar-refractivity contribution is 0.844. The average molecular weight is 471 g/mol. The fourth-order valence-corrected chi connectivity index (χ4v) is 9.03. The Morgan fingerprint density at radius 3 is 1.42 bits per heavy atom. The fourth-order valence-electron chi connectivity index (χ4n) is 6.50. The molecule has 0 spiro atoms. The van der Waals surface area contributed by atoms with Crippen LogP contribution >= 0.6 is 22.7 Å². The second kappa shape index (κ2) is 7.71. The molecule has 0 N–H and O–H groups in total. The molecular weight excluding hydrogens is 441 g/mol. The van der Waals surface area contributed by atoms with Gasteiger partial charge in [-0.15, -0.1) is 9.55 Å². The Kier molecular flexibility index (Phi) is 5.30. The zero-order chi connectivity index (χ0) is 23.8. The lowest BCUT2D eigenvalue weighted by atomic mass is 9.21. The summed E-state index contributed by atoms with van der Waals surface area (Å²) in [5.74, 6) is 0. The van der Waals surface area contributed by atoms with E-state index < -0.39 is 6.42 Å². The van der Waals surface area contributed by atoms with Crippen molar-refractivity contribution in [3.05, 3.63) is 79.5 Å². The van der Waals surface area contributed by atoms with Crippen LogP contribution in [0, 0.1) is 55.4 Å². The first-order valence-corrected chi connectivity index (χ1v) is 13.4. The maximum atomic E-state index is 18.0. The van der Waals surface area contributed by atoms with Gasteiger partial charge in [-0.1, -0.05) is 86.2 Å². The van der Waals surface area contributed by atoms with Gasteiger partial charge >= 0.3 is 0 Å². The van der Waals surface area contributed by atoms with Crippen molar-refractivity contribution in [1.82, 2.24) is 0 Å². The van der Waals surface area contributed by atoms with Crippen molar-refractivity contribution in [1.29, 1.82) is 0 Å². The second-order valence-electron chi connectivity index (χ2n) is 10.2. The first kappa shape index (κ1) is 22.7. The summed E-state index contributed by atoms with van der Waals surface area (Å²) >= 11 is 3.32. The van der Waals surface area contributed by atoms with Crippen LogP contribution in [0.3, 0.4) is 0 Å². The monoisotopic (exact) mass is 471 g/mol. The molecule has 0 atom stereocenters. The Morgan fingerprint density at radius 2 is 1.00 bits per heavy atom. The van der Waals surface area contributed by atoms with Crippen LogP contribution in [0.2, 0.25) is 0 Å². The van der Waals surface area contributed by atoms with E-state index in [0.717, 1.165) is 26.1 Å². The molecule has 0 amide bonds. The van der Waals surface area contributed by atoms with E-state index in [1.165, 1.54) is 48.4 Å². The van der Waals surface area contributed by atoms with Crippen molar-refractivity contribution in [2.24, 2.45) is 0 Å². The first-order chi connectivity index (χ1) is 15.5. The van der Waals surface area contributed by atoms with Crippen LogP contribution in [0.1, 0.15) is 43.1 Å². The highest BCUT2D eigenvalue weighted by atomic mass is 32.1. The number of thiophene rings is 2. The van der Waals surface area contributed by atoms with Crippen molar-refractivity contribution >= 4 is 67.2 Å². The summed E-state index contributed by atoms with van der Waals surface area (Å²) < 4.78 is 19.9. The lowest BCUT2D eigenvalue weighted by Gasteiger charge is -2.43.